The number of amides is 1. The zero-order valence-electron chi connectivity index (χ0n) is 10.4. The van der Waals surface area contributed by atoms with Gasteiger partial charge in [0, 0.05) is 6.20 Å². The predicted octanol–water partition coefficient (Wildman–Crippen LogP) is 1.24. The van der Waals surface area contributed by atoms with Crippen LogP contribution in [-0.2, 0) is 4.79 Å². The summed E-state index contributed by atoms with van der Waals surface area (Å²) in [7, 11) is 0. The Hall–Kier alpha value is -2.11. The SMILES string of the molecule is CCC(CC)(Nc1ncccc1C(N)=O)C(=O)O. The van der Waals surface area contributed by atoms with Crippen molar-refractivity contribution in [1.29, 1.82) is 0 Å². The lowest BCUT2D eigenvalue weighted by atomic mass is 9.92. The number of rotatable bonds is 6. The van der Waals surface area contributed by atoms with Crippen LogP contribution in [0.4, 0.5) is 5.82 Å². The fraction of sp³-hybridized carbons (Fsp3) is 0.417. The lowest BCUT2D eigenvalue weighted by molar-refractivity contribution is -0.142. The maximum atomic E-state index is 11.4. The van der Waals surface area contributed by atoms with Crippen LogP contribution in [-0.4, -0.2) is 27.5 Å². The van der Waals surface area contributed by atoms with Gasteiger partial charge in [-0.15, -0.1) is 0 Å². The quantitative estimate of drug-likeness (QED) is 0.705. The van der Waals surface area contributed by atoms with E-state index in [0.717, 1.165) is 0 Å². The molecule has 0 saturated heterocycles. The van der Waals surface area contributed by atoms with Gasteiger partial charge in [-0.05, 0) is 25.0 Å². The van der Waals surface area contributed by atoms with E-state index in [2.05, 4.69) is 10.3 Å². The second-order valence-electron chi connectivity index (χ2n) is 3.98. The molecule has 0 saturated carbocycles. The van der Waals surface area contributed by atoms with Crippen LogP contribution in [0.15, 0.2) is 18.3 Å². The highest BCUT2D eigenvalue weighted by Crippen LogP contribution is 2.23. The van der Waals surface area contributed by atoms with E-state index in [9.17, 15) is 14.7 Å². The van der Waals surface area contributed by atoms with Gasteiger partial charge in [0.25, 0.3) is 5.91 Å². The summed E-state index contributed by atoms with van der Waals surface area (Å²) in [6.07, 6.45) is 2.22. The Morgan fingerprint density at radius 3 is 2.50 bits per heavy atom. The molecule has 0 spiro atoms. The molecule has 6 nitrogen and oxygen atoms in total. The number of anilines is 1. The van der Waals surface area contributed by atoms with Gasteiger partial charge in [0.2, 0.25) is 0 Å². The molecule has 0 radical (unpaired) electrons. The molecule has 1 aromatic rings. The second kappa shape index (κ2) is 5.48. The van der Waals surface area contributed by atoms with Gasteiger partial charge in [-0.1, -0.05) is 13.8 Å². The fourth-order valence-corrected chi connectivity index (χ4v) is 1.71. The Labute approximate surface area is 105 Å². The Balaban J connectivity index is 3.16. The van der Waals surface area contributed by atoms with E-state index in [1.54, 1.807) is 19.9 Å². The molecule has 0 fully saturated rings. The molecule has 0 aliphatic carbocycles. The van der Waals surface area contributed by atoms with Crippen molar-refractivity contribution in [3.8, 4) is 0 Å². The number of aliphatic carboxylic acids is 1. The molecular formula is C12H17N3O3. The first kappa shape index (κ1) is 14.0. The zero-order chi connectivity index (χ0) is 13.8. The van der Waals surface area contributed by atoms with Crippen molar-refractivity contribution in [2.45, 2.75) is 32.2 Å². The summed E-state index contributed by atoms with van der Waals surface area (Å²) in [6.45, 7) is 3.52. The van der Waals surface area contributed by atoms with Gasteiger partial charge >= 0.3 is 5.97 Å². The molecule has 1 rings (SSSR count). The third kappa shape index (κ3) is 2.58. The van der Waals surface area contributed by atoms with Crippen molar-refractivity contribution in [2.24, 2.45) is 5.73 Å². The van der Waals surface area contributed by atoms with Crippen molar-refractivity contribution in [3.05, 3.63) is 23.9 Å². The van der Waals surface area contributed by atoms with Crippen LogP contribution in [0.2, 0.25) is 0 Å². The fourth-order valence-electron chi connectivity index (χ4n) is 1.71. The summed E-state index contributed by atoms with van der Waals surface area (Å²) in [4.78, 5) is 26.6. The van der Waals surface area contributed by atoms with Crippen LogP contribution in [0.3, 0.4) is 0 Å². The molecular weight excluding hydrogens is 234 g/mol. The maximum Gasteiger partial charge on any atom is 0.329 e. The Morgan fingerprint density at radius 2 is 2.06 bits per heavy atom. The topological polar surface area (TPSA) is 105 Å². The average molecular weight is 251 g/mol. The lowest BCUT2D eigenvalue weighted by Crippen LogP contribution is -2.46. The molecule has 0 atom stereocenters. The van der Waals surface area contributed by atoms with Gasteiger partial charge in [-0.3, -0.25) is 4.79 Å². The van der Waals surface area contributed by atoms with Gasteiger partial charge in [0.15, 0.2) is 0 Å². The Bertz CT molecular complexity index is 456. The predicted molar refractivity (Wildman–Crippen MR) is 67.3 cm³/mol. The van der Waals surface area contributed by atoms with E-state index in [1.807, 2.05) is 0 Å². The first-order valence-electron chi connectivity index (χ1n) is 5.73. The molecule has 0 aliphatic rings. The summed E-state index contributed by atoms with van der Waals surface area (Å²) in [5, 5.41) is 12.1. The third-order valence-electron chi connectivity index (χ3n) is 3.05. The van der Waals surface area contributed by atoms with Crippen molar-refractivity contribution >= 4 is 17.7 Å². The highest BCUT2D eigenvalue weighted by molar-refractivity contribution is 5.98. The van der Waals surface area contributed by atoms with E-state index in [-0.39, 0.29) is 11.4 Å². The van der Waals surface area contributed by atoms with E-state index in [0.29, 0.717) is 12.8 Å². The lowest BCUT2D eigenvalue weighted by Gasteiger charge is -2.29. The zero-order valence-corrected chi connectivity index (χ0v) is 10.4. The smallest absolute Gasteiger partial charge is 0.329 e. The highest BCUT2D eigenvalue weighted by Gasteiger charge is 2.35. The largest absolute Gasteiger partial charge is 0.480 e. The monoisotopic (exact) mass is 251 g/mol. The first-order chi connectivity index (χ1) is 8.46. The highest BCUT2D eigenvalue weighted by atomic mass is 16.4. The number of nitrogens with one attached hydrogen (secondary N) is 1. The van der Waals surface area contributed by atoms with E-state index in [1.165, 1.54) is 12.3 Å². The van der Waals surface area contributed by atoms with Crippen LogP contribution in [0.5, 0.6) is 0 Å². The van der Waals surface area contributed by atoms with E-state index < -0.39 is 17.4 Å². The maximum absolute atomic E-state index is 11.4. The van der Waals surface area contributed by atoms with Crippen molar-refractivity contribution in [3.63, 3.8) is 0 Å². The number of hydrogen-bond donors (Lipinski definition) is 3. The second-order valence-corrected chi connectivity index (χ2v) is 3.98. The Morgan fingerprint density at radius 1 is 1.44 bits per heavy atom. The normalized spacial score (nSPS) is 11.0. The van der Waals surface area contributed by atoms with Crippen LogP contribution < -0.4 is 11.1 Å². The molecule has 0 bridgehead atoms. The van der Waals surface area contributed by atoms with E-state index in [4.69, 9.17) is 5.73 Å². The molecule has 1 heterocycles. The summed E-state index contributed by atoms with van der Waals surface area (Å²) in [5.74, 6) is -1.42. The number of carbonyl (C=O) groups excluding carboxylic acids is 1. The van der Waals surface area contributed by atoms with Gasteiger partial charge in [0.05, 0.1) is 5.56 Å². The number of primary amides is 1. The van der Waals surface area contributed by atoms with Gasteiger partial charge in [0.1, 0.15) is 11.4 Å². The summed E-state index contributed by atoms with van der Waals surface area (Å²) >= 11 is 0. The number of nitrogens with zero attached hydrogens (tertiary/aromatic N) is 1. The summed E-state index contributed by atoms with van der Waals surface area (Å²) in [6, 6.07) is 3.08. The molecule has 18 heavy (non-hydrogen) atoms. The number of pyridine rings is 1. The number of aromatic nitrogens is 1. The van der Waals surface area contributed by atoms with Crippen LogP contribution in [0.1, 0.15) is 37.0 Å². The van der Waals surface area contributed by atoms with Crippen molar-refractivity contribution in [2.75, 3.05) is 5.32 Å². The molecule has 6 heteroatoms. The molecule has 0 aliphatic heterocycles. The number of hydrogen-bond acceptors (Lipinski definition) is 4. The third-order valence-corrected chi connectivity index (χ3v) is 3.05. The number of carboxylic acids is 1. The number of carboxylic acid groups (broad SMARTS) is 1. The van der Waals surface area contributed by atoms with E-state index >= 15 is 0 Å². The minimum Gasteiger partial charge on any atom is -0.480 e. The molecule has 1 amide bonds. The van der Waals surface area contributed by atoms with Gasteiger partial charge in [-0.2, -0.15) is 0 Å². The molecule has 1 aromatic heterocycles. The molecule has 0 aromatic carbocycles. The van der Waals surface area contributed by atoms with Gasteiger partial charge < -0.3 is 16.2 Å². The van der Waals surface area contributed by atoms with Crippen LogP contribution in [0, 0.1) is 0 Å². The van der Waals surface area contributed by atoms with Gasteiger partial charge in [-0.25, -0.2) is 9.78 Å². The number of nitrogens with two attached hydrogens (primary N) is 1. The number of carbonyl (C=O) groups is 2. The standard InChI is InChI=1S/C12H17N3O3/c1-3-12(4-2,11(17)18)15-10-8(9(13)16)6-5-7-14-10/h5-7H,3-4H2,1-2H3,(H2,13,16)(H,14,15)(H,17,18). The Kier molecular flexibility index (Phi) is 4.25. The summed E-state index contributed by atoms with van der Waals surface area (Å²) in [5.41, 5.74) is 4.27. The van der Waals surface area contributed by atoms with Crippen LogP contribution >= 0.6 is 0 Å². The molecule has 0 unspecified atom stereocenters. The first-order valence-corrected chi connectivity index (χ1v) is 5.73. The van der Waals surface area contributed by atoms with Crippen molar-refractivity contribution in [1.82, 2.24) is 4.98 Å². The molecule has 98 valence electrons. The minimum atomic E-state index is -1.14. The van der Waals surface area contributed by atoms with Crippen molar-refractivity contribution < 1.29 is 14.7 Å². The minimum absolute atomic E-state index is 0.185. The molecule has 4 N–H and O–H groups in total. The average Bonchev–Trinajstić information content (AvgIpc) is 2.36. The summed E-state index contributed by atoms with van der Waals surface area (Å²) < 4.78 is 0. The van der Waals surface area contributed by atoms with Crippen LogP contribution in [0.25, 0.3) is 0 Å².